The highest BCUT2D eigenvalue weighted by Crippen LogP contribution is 2.15. The summed E-state index contributed by atoms with van der Waals surface area (Å²) >= 11 is 0. The molecule has 0 radical (unpaired) electrons. The van der Waals surface area contributed by atoms with E-state index in [1.807, 2.05) is 0 Å². The molecule has 1 aromatic rings. The van der Waals surface area contributed by atoms with E-state index < -0.39 is 5.91 Å². The lowest BCUT2D eigenvalue weighted by atomic mass is 10.2. The van der Waals surface area contributed by atoms with Crippen molar-refractivity contribution in [2.75, 3.05) is 13.2 Å². The molecule has 1 saturated heterocycles. The maximum absolute atomic E-state index is 11.0. The van der Waals surface area contributed by atoms with Crippen molar-refractivity contribution in [3.05, 3.63) is 23.5 Å². The standard InChI is InChI=1S/C12H17N3O2/c1-8-5-10(6-15-11(8)12(13)16)17-7-9-3-2-4-14-9/h5-6,9,14H,2-4,7H2,1H3,(H2,13,16). The molecule has 1 aliphatic rings. The van der Waals surface area contributed by atoms with Crippen LogP contribution in [-0.4, -0.2) is 30.1 Å². The summed E-state index contributed by atoms with van der Waals surface area (Å²) in [6.07, 6.45) is 3.89. The molecule has 17 heavy (non-hydrogen) atoms. The fraction of sp³-hybridized carbons (Fsp3) is 0.500. The summed E-state index contributed by atoms with van der Waals surface area (Å²) in [5.41, 5.74) is 6.23. The number of carbonyl (C=O) groups excluding carboxylic acids is 1. The number of nitrogens with two attached hydrogens (primary N) is 1. The molecule has 5 heteroatoms. The molecular weight excluding hydrogens is 218 g/mol. The molecule has 1 aliphatic heterocycles. The second-order valence-corrected chi connectivity index (χ2v) is 4.31. The third kappa shape index (κ3) is 2.94. The van der Waals surface area contributed by atoms with Gasteiger partial charge in [-0.05, 0) is 37.9 Å². The van der Waals surface area contributed by atoms with Crippen LogP contribution in [0.3, 0.4) is 0 Å². The molecule has 1 amide bonds. The van der Waals surface area contributed by atoms with E-state index >= 15 is 0 Å². The minimum absolute atomic E-state index is 0.302. The normalized spacial score (nSPS) is 19.2. The minimum atomic E-state index is -0.508. The number of hydrogen-bond acceptors (Lipinski definition) is 4. The Balaban J connectivity index is 1.97. The summed E-state index contributed by atoms with van der Waals surface area (Å²) < 4.78 is 5.63. The third-order valence-electron chi connectivity index (χ3n) is 2.90. The number of hydrogen-bond donors (Lipinski definition) is 2. The topological polar surface area (TPSA) is 77.2 Å². The van der Waals surface area contributed by atoms with Crippen LogP contribution >= 0.6 is 0 Å². The molecule has 0 spiro atoms. The van der Waals surface area contributed by atoms with Gasteiger partial charge in [0.25, 0.3) is 5.91 Å². The summed E-state index contributed by atoms with van der Waals surface area (Å²) in [5, 5.41) is 3.35. The van der Waals surface area contributed by atoms with Gasteiger partial charge in [-0.3, -0.25) is 4.79 Å². The molecule has 0 aromatic carbocycles. The number of amides is 1. The third-order valence-corrected chi connectivity index (χ3v) is 2.90. The molecule has 2 heterocycles. The van der Waals surface area contributed by atoms with Crippen molar-refractivity contribution in [2.24, 2.45) is 5.73 Å². The van der Waals surface area contributed by atoms with Gasteiger partial charge in [0, 0.05) is 6.04 Å². The maximum atomic E-state index is 11.0. The Bertz CT molecular complexity index is 414. The maximum Gasteiger partial charge on any atom is 0.267 e. The van der Waals surface area contributed by atoms with Crippen LogP contribution < -0.4 is 15.8 Å². The second kappa shape index (κ2) is 5.14. The van der Waals surface area contributed by atoms with Gasteiger partial charge in [0.2, 0.25) is 0 Å². The molecule has 1 unspecified atom stereocenters. The largest absolute Gasteiger partial charge is 0.490 e. The van der Waals surface area contributed by atoms with Gasteiger partial charge < -0.3 is 15.8 Å². The van der Waals surface area contributed by atoms with Gasteiger partial charge in [0.05, 0.1) is 6.20 Å². The highest BCUT2D eigenvalue weighted by molar-refractivity contribution is 5.92. The molecule has 5 nitrogen and oxygen atoms in total. The van der Waals surface area contributed by atoms with Crippen molar-refractivity contribution in [1.82, 2.24) is 10.3 Å². The van der Waals surface area contributed by atoms with Gasteiger partial charge in [-0.15, -0.1) is 0 Å². The zero-order chi connectivity index (χ0) is 12.3. The number of nitrogens with one attached hydrogen (secondary N) is 1. The lowest BCUT2D eigenvalue weighted by Crippen LogP contribution is -2.28. The number of primary amides is 1. The van der Waals surface area contributed by atoms with Gasteiger partial charge >= 0.3 is 0 Å². The second-order valence-electron chi connectivity index (χ2n) is 4.31. The molecular formula is C12H17N3O2. The zero-order valence-corrected chi connectivity index (χ0v) is 9.90. The first-order valence-corrected chi connectivity index (χ1v) is 5.79. The zero-order valence-electron chi connectivity index (χ0n) is 9.90. The Morgan fingerprint density at radius 2 is 2.53 bits per heavy atom. The molecule has 3 N–H and O–H groups in total. The highest BCUT2D eigenvalue weighted by atomic mass is 16.5. The van der Waals surface area contributed by atoms with Crippen LogP contribution in [0, 0.1) is 6.92 Å². The molecule has 0 saturated carbocycles. The van der Waals surface area contributed by atoms with Gasteiger partial charge in [0.15, 0.2) is 0 Å². The van der Waals surface area contributed by atoms with Crippen molar-refractivity contribution < 1.29 is 9.53 Å². The van der Waals surface area contributed by atoms with Gasteiger partial charge in [-0.1, -0.05) is 0 Å². The fourth-order valence-electron chi connectivity index (χ4n) is 1.98. The van der Waals surface area contributed by atoms with Crippen molar-refractivity contribution >= 4 is 5.91 Å². The van der Waals surface area contributed by atoms with E-state index in [0.29, 0.717) is 24.1 Å². The quantitative estimate of drug-likeness (QED) is 0.802. The Morgan fingerprint density at radius 1 is 1.71 bits per heavy atom. The number of ether oxygens (including phenoxy) is 1. The fourth-order valence-corrected chi connectivity index (χ4v) is 1.98. The average molecular weight is 235 g/mol. The van der Waals surface area contributed by atoms with Gasteiger partial charge in [-0.25, -0.2) is 4.98 Å². The first kappa shape index (κ1) is 11.9. The smallest absolute Gasteiger partial charge is 0.267 e. The van der Waals surface area contributed by atoms with E-state index in [9.17, 15) is 4.79 Å². The molecule has 0 bridgehead atoms. The summed E-state index contributed by atoms with van der Waals surface area (Å²) in [4.78, 5) is 15.0. The van der Waals surface area contributed by atoms with E-state index in [-0.39, 0.29) is 0 Å². The summed E-state index contributed by atoms with van der Waals surface area (Å²) in [6.45, 7) is 3.50. The first-order valence-electron chi connectivity index (χ1n) is 5.79. The minimum Gasteiger partial charge on any atom is -0.490 e. The Morgan fingerprint density at radius 3 is 3.12 bits per heavy atom. The van der Waals surface area contributed by atoms with E-state index in [2.05, 4.69) is 10.3 Å². The van der Waals surface area contributed by atoms with Crippen molar-refractivity contribution in [3.63, 3.8) is 0 Å². The monoisotopic (exact) mass is 235 g/mol. The van der Waals surface area contributed by atoms with E-state index in [0.717, 1.165) is 18.5 Å². The van der Waals surface area contributed by atoms with Crippen molar-refractivity contribution in [1.29, 1.82) is 0 Å². The van der Waals surface area contributed by atoms with Gasteiger partial charge in [0.1, 0.15) is 18.1 Å². The van der Waals surface area contributed by atoms with Crippen LogP contribution in [-0.2, 0) is 0 Å². The molecule has 2 rings (SSSR count). The Labute approximate surface area is 100 Å². The van der Waals surface area contributed by atoms with Crippen LogP contribution in [0.2, 0.25) is 0 Å². The predicted octanol–water partition coefficient (Wildman–Crippen LogP) is 0.620. The van der Waals surface area contributed by atoms with E-state index in [4.69, 9.17) is 10.5 Å². The molecule has 1 aromatic heterocycles. The van der Waals surface area contributed by atoms with E-state index in [1.165, 1.54) is 6.42 Å². The van der Waals surface area contributed by atoms with Crippen molar-refractivity contribution in [2.45, 2.75) is 25.8 Å². The lowest BCUT2D eigenvalue weighted by molar-refractivity contribution is 0.0995. The SMILES string of the molecule is Cc1cc(OCC2CCCN2)cnc1C(N)=O. The molecule has 1 atom stereocenters. The van der Waals surface area contributed by atoms with Crippen LogP contribution in [0.1, 0.15) is 28.9 Å². The first-order chi connectivity index (χ1) is 8.16. The number of aromatic nitrogens is 1. The van der Waals surface area contributed by atoms with Crippen molar-refractivity contribution in [3.8, 4) is 5.75 Å². The van der Waals surface area contributed by atoms with Crippen LogP contribution in [0.4, 0.5) is 0 Å². The number of pyridine rings is 1. The summed E-state index contributed by atoms with van der Waals surface area (Å²) in [7, 11) is 0. The number of nitrogens with zero attached hydrogens (tertiary/aromatic N) is 1. The Kier molecular flexibility index (Phi) is 3.58. The molecule has 92 valence electrons. The highest BCUT2D eigenvalue weighted by Gasteiger charge is 2.15. The summed E-state index contributed by atoms with van der Waals surface area (Å²) in [5.74, 6) is 0.174. The predicted molar refractivity (Wildman–Crippen MR) is 64.0 cm³/mol. The molecule has 1 fully saturated rings. The number of aryl methyl sites for hydroxylation is 1. The average Bonchev–Trinajstić information content (AvgIpc) is 2.78. The lowest BCUT2D eigenvalue weighted by Gasteiger charge is -2.12. The number of carbonyl (C=O) groups is 1. The van der Waals surface area contributed by atoms with Crippen LogP contribution in [0.15, 0.2) is 12.3 Å². The number of rotatable bonds is 4. The molecule has 0 aliphatic carbocycles. The summed E-state index contributed by atoms with van der Waals surface area (Å²) in [6, 6.07) is 2.22. The Hall–Kier alpha value is -1.62. The van der Waals surface area contributed by atoms with Crippen LogP contribution in [0.5, 0.6) is 5.75 Å². The van der Waals surface area contributed by atoms with E-state index in [1.54, 1.807) is 19.2 Å². The van der Waals surface area contributed by atoms with Gasteiger partial charge in [-0.2, -0.15) is 0 Å². The van der Waals surface area contributed by atoms with Crippen LogP contribution in [0.25, 0.3) is 0 Å².